The summed E-state index contributed by atoms with van der Waals surface area (Å²) in [4.78, 5) is 24.8. The van der Waals surface area contributed by atoms with Crippen LogP contribution in [0.5, 0.6) is 11.5 Å². The van der Waals surface area contributed by atoms with Gasteiger partial charge in [0, 0.05) is 38.6 Å². The van der Waals surface area contributed by atoms with Crippen LogP contribution in [0.1, 0.15) is 5.56 Å². The molecule has 0 unspecified atom stereocenters. The molecule has 1 saturated heterocycles. The number of rotatable bonds is 7. The van der Waals surface area contributed by atoms with Crippen LogP contribution in [0.25, 0.3) is 0 Å². The standard InChI is InChI=1S/C20H24N4O3/c1-3-4-16-5-6-17(18(13-16)26-2)27-15-20(25)24-11-9-23(10-12-24)19-14-21-7-8-22-19/h3,5-8,13-14H,1,4,9-12,15H2,2H3. The van der Waals surface area contributed by atoms with Gasteiger partial charge in [-0.25, -0.2) is 4.98 Å². The van der Waals surface area contributed by atoms with Gasteiger partial charge in [-0.3, -0.25) is 9.78 Å². The number of carbonyl (C=O) groups is 1. The quantitative estimate of drug-likeness (QED) is 0.696. The highest BCUT2D eigenvalue weighted by atomic mass is 16.5. The summed E-state index contributed by atoms with van der Waals surface area (Å²) in [6.45, 7) is 6.44. The summed E-state index contributed by atoms with van der Waals surface area (Å²) in [6, 6.07) is 5.68. The third-order valence-electron chi connectivity index (χ3n) is 4.47. The molecule has 7 heteroatoms. The second-order valence-corrected chi connectivity index (χ2v) is 6.20. The molecule has 1 fully saturated rings. The molecule has 0 N–H and O–H groups in total. The predicted molar refractivity (Wildman–Crippen MR) is 103 cm³/mol. The van der Waals surface area contributed by atoms with Gasteiger partial charge < -0.3 is 19.3 Å². The lowest BCUT2D eigenvalue weighted by molar-refractivity contribution is -0.133. The monoisotopic (exact) mass is 368 g/mol. The zero-order chi connectivity index (χ0) is 19.1. The molecule has 1 aromatic carbocycles. The molecule has 1 amide bonds. The first-order valence-electron chi connectivity index (χ1n) is 8.90. The zero-order valence-corrected chi connectivity index (χ0v) is 15.5. The molecule has 0 atom stereocenters. The lowest BCUT2D eigenvalue weighted by Crippen LogP contribution is -2.50. The maximum Gasteiger partial charge on any atom is 0.260 e. The van der Waals surface area contributed by atoms with Crippen molar-refractivity contribution in [3.05, 3.63) is 55.0 Å². The van der Waals surface area contributed by atoms with Gasteiger partial charge in [0.25, 0.3) is 5.91 Å². The molecular weight excluding hydrogens is 344 g/mol. The van der Waals surface area contributed by atoms with Crippen LogP contribution in [0.15, 0.2) is 49.4 Å². The number of methoxy groups -OCH3 is 1. The molecule has 2 aromatic rings. The molecule has 2 heterocycles. The van der Waals surface area contributed by atoms with E-state index in [4.69, 9.17) is 9.47 Å². The molecule has 1 aromatic heterocycles. The van der Waals surface area contributed by atoms with Crippen LogP contribution < -0.4 is 14.4 Å². The fourth-order valence-electron chi connectivity index (χ4n) is 3.00. The topological polar surface area (TPSA) is 67.8 Å². The van der Waals surface area contributed by atoms with Gasteiger partial charge in [-0.2, -0.15) is 0 Å². The van der Waals surface area contributed by atoms with E-state index < -0.39 is 0 Å². The maximum atomic E-state index is 12.5. The van der Waals surface area contributed by atoms with Gasteiger partial charge in [0.2, 0.25) is 0 Å². The van der Waals surface area contributed by atoms with Crippen molar-refractivity contribution in [3.8, 4) is 11.5 Å². The predicted octanol–water partition coefficient (Wildman–Crippen LogP) is 1.94. The van der Waals surface area contributed by atoms with Crippen LogP contribution in [0.3, 0.4) is 0 Å². The Morgan fingerprint density at radius 3 is 2.70 bits per heavy atom. The van der Waals surface area contributed by atoms with Gasteiger partial charge in [-0.1, -0.05) is 12.1 Å². The van der Waals surface area contributed by atoms with Crippen molar-refractivity contribution in [2.24, 2.45) is 0 Å². The number of amides is 1. The van der Waals surface area contributed by atoms with Crippen molar-refractivity contribution >= 4 is 11.7 Å². The normalized spacial score (nSPS) is 14.0. The Balaban J connectivity index is 1.52. The summed E-state index contributed by atoms with van der Waals surface area (Å²) in [5, 5.41) is 0. The SMILES string of the molecule is C=CCc1ccc(OCC(=O)N2CCN(c3cnccn3)CC2)c(OC)c1. The van der Waals surface area contributed by atoms with Gasteiger partial charge in [0.05, 0.1) is 13.3 Å². The zero-order valence-electron chi connectivity index (χ0n) is 15.5. The van der Waals surface area contributed by atoms with Crippen LogP contribution in [0.4, 0.5) is 5.82 Å². The first-order chi connectivity index (χ1) is 13.2. The van der Waals surface area contributed by atoms with Crippen LogP contribution in [0.2, 0.25) is 0 Å². The van der Waals surface area contributed by atoms with E-state index in [2.05, 4.69) is 21.4 Å². The van der Waals surface area contributed by atoms with E-state index in [0.717, 1.165) is 30.9 Å². The van der Waals surface area contributed by atoms with Gasteiger partial charge in [-0.05, 0) is 24.1 Å². The third-order valence-corrected chi connectivity index (χ3v) is 4.47. The van der Waals surface area contributed by atoms with Crippen LogP contribution in [-0.4, -0.2) is 60.7 Å². The average Bonchev–Trinajstić information content (AvgIpc) is 2.73. The lowest BCUT2D eigenvalue weighted by Gasteiger charge is -2.35. The van der Waals surface area contributed by atoms with E-state index in [1.807, 2.05) is 29.2 Å². The third kappa shape index (κ3) is 4.75. The number of ether oxygens (including phenoxy) is 2. The first kappa shape index (κ1) is 18.7. The molecule has 0 radical (unpaired) electrons. The molecule has 142 valence electrons. The van der Waals surface area contributed by atoms with Gasteiger partial charge in [-0.15, -0.1) is 6.58 Å². The van der Waals surface area contributed by atoms with Crippen LogP contribution in [-0.2, 0) is 11.2 Å². The molecule has 7 nitrogen and oxygen atoms in total. The van der Waals surface area contributed by atoms with Crippen molar-refractivity contribution in [1.82, 2.24) is 14.9 Å². The van der Waals surface area contributed by atoms with Crippen molar-refractivity contribution in [2.45, 2.75) is 6.42 Å². The summed E-state index contributed by atoms with van der Waals surface area (Å²) in [5.41, 5.74) is 1.08. The Morgan fingerprint density at radius 1 is 1.22 bits per heavy atom. The second-order valence-electron chi connectivity index (χ2n) is 6.20. The van der Waals surface area contributed by atoms with E-state index in [0.29, 0.717) is 24.6 Å². The fraction of sp³-hybridized carbons (Fsp3) is 0.350. The molecule has 1 aliphatic rings. The number of piperazine rings is 1. The van der Waals surface area contributed by atoms with Crippen molar-refractivity contribution in [2.75, 3.05) is 44.8 Å². The van der Waals surface area contributed by atoms with E-state index in [1.54, 1.807) is 25.7 Å². The molecular formula is C20H24N4O3. The Hall–Kier alpha value is -3.09. The van der Waals surface area contributed by atoms with Gasteiger partial charge in [0.1, 0.15) is 5.82 Å². The summed E-state index contributed by atoms with van der Waals surface area (Å²) >= 11 is 0. The van der Waals surface area contributed by atoms with Crippen molar-refractivity contribution in [1.29, 1.82) is 0 Å². The highest BCUT2D eigenvalue weighted by Gasteiger charge is 2.22. The Bertz CT molecular complexity index is 774. The number of hydrogen-bond acceptors (Lipinski definition) is 6. The molecule has 0 aliphatic carbocycles. The fourth-order valence-corrected chi connectivity index (χ4v) is 3.00. The largest absolute Gasteiger partial charge is 0.493 e. The number of carbonyl (C=O) groups excluding carboxylic acids is 1. The Kier molecular flexibility index (Phi) is 6.25. The van der Waals surface area contributed by atoms with Crippen LogP contribution in [0, 0.1) is 0 Å². The highest BCUT2D eigenvalue weighted by molar-refractivity contribution is 5.78. The summed E-state index contributed by atoms with van der Waals surface area (Å²) in [7, 11) is 1.59. The number of benzene rings is 1. The first-order valence-corrected chi connectivity index (χ1v) is 8.90. The molecule has 0 bridgehead atoms. The van der Waals surface area contributed by atoms with Gasteiger partial charge in [0.15, 0.2) is 18.1 Å². The van der Waals surface area contributed by atoms with Crippen molar-refractivity contribution < 1.29 is 14.3 Å². The van der Waals surface area contributed by atoms with Crippen molar-refractivity contribution in [3.63, 3.8) is 0 Å². The second kappa shape index (κ2) is 9.02. The molecule has 1 aliphatic heterocycles. The Labute approximate surface area is 159 Å². The average molecular weight is 368 g/mol. The van der Waals surface area contributed by atoms with E-state index in [-0.39, 0.29) is 12.5 Å². The Morgan fingerprint density at radius 2 is 2.04 bits per heavy atom. The number of aromatic nitrogens is 2. The minimum absolute atomic E-state index is 0.0116. The van der Waals surface area contributed by atoms with Gasteiger partial charge >= 0.3 is 0 Å². The molecule has 3 rings (SSSR count). The molecule has 0 saturated carbocycles. The minimum atomic E-state index is -0.0361. The van der Waals surface area contributed by atoms with E-state index in [1.165, 1.54) is 0 Å². The summed E-state index contributed by atoms with van der Waals surface area (Å²) in [5.74, 6) is 1.99. The van der Waals surface area contributed by atoms with E-state index in [9.17, 15) is 4.79 Å². The maximum absolute atomic E-state index is 12.5. The van der Waals surface area contributed by atoms with Crippen LogP contribution >= 0.6 is 0 Å². The smallest absolute Gasteiger partial charge is 0.260 e. The number of anilines is 1. The van der Waals surface area contributed by atoms with E-state index >= 15 is 0 Å². The minimum Gasteiger partial charge on any atom is -0.493 e. The lowest BCUT2D eigenvalue weighted by atomic mass is 10.1. The number of nitrogens with zero attached hydrogens (tertiary/aromatic N) is 4. The summed E-state index contributed by atoms with van der Waals surface area (Å²) in [6.07, 6.45) is 7.65. The number of allylic oxidation sites excluding steroid dienone is 1. The number of hydrogen-bond donors (Lipinski definition) is 0. The highest BCUT2D eigenvalue weighted by Crippen LogP contribution is 2.28. The molecule has 0 spiro atoms. The summed E-state index contributed by atoms with van der Waals surface area (Å²) < 4.78 is 11.1. The molecule has 27 heavy (non-hydrogen) atoms.